The Morgan fingerprint density at radius 3 is 2.27 bits per heavy atom. The molecule has 66 valence electrons. The van der Waals surface area contributed by atoms with Gasteiger partial charge in [0.1, 0.15) is 0 Å². The van der Waals surface area contributed by atoms with Gasteiger partial charge in [-0.25, -0.2) is 0 Å². The number of ether oxygens (including phenoxy) is 1. The van der Waals surface area contributed by atoms with Crippen molar-refractivity contribution < 1.29 is 4.74 Å². The Balaban J connectivity index is 2.55. The van der Waals surface area contributed by atoms with Crippen LogP contribution in [0.3, 0.4) is 0 Å². The second-order valence-corrected chi connectivity index (χ2v) is 4.81. The van der Waals surface area contributed by atoms with Gasteiger partial charge in [-0.2, -0.15) is 0 Å². The molecule has 1 nitrogen and oxygen atoms in total. The second-order valence-electron chi connectivity index (χ2n) is 4.81. The van der Waals surface area contributed by atoms with Crippen LogP contribution in [0.25, 0.3) is 0 Å². The van der Waals surface area contributed by atoms with E-state index in [0.29, 0.717) is 5.41 Å². The normalized spacial score (nSPS) is 33.8. The highest BCUT2D eigenvalue weighted by atomic mass is 16.5. The fourth-order valence-corrected chi connectivity index (χ4v) is 1.95. The fourth-order valence-electron chi connectivity index (χ4n) is 1.95. The molecule has 1 saturated heterocycles. The minimum Gasteiger partial charge on any atom is -0.381 e. The molecule has 11 heavy (non-hydrogen) atoms. The van der Waals surface area contributed by atoms with E-state index in [-0.39, 0.29) is 0 Å². The number of hydrogen-bond acceptors (Lipinski definition) is 1. The average Bonchev–Trinajstić information content (AvgIpc) is 1.86. The quantitative estimate of drug-likeness (QED) is 0.524. The molecule has 1 heteroatoms. The standard InChI is InChI=1S/C10H20O/c1-8-5-6-11-7-9(8)10(2,3)4/h8-9H,5-7H2,1-4H3. The third-order valence-corrected chi connectivity index (χ3v) is 2.81. The maximum absolute atomic E-state index is 5.48. The van der Waals surface area contributed by atoms with Crippen molar-refractivity contribution in [3.8, 4) is 0 Å². The van der Waals surface area contributed by atoms with Crippen LogP contribution < -0.4 is 0 Å². The fraction of sp³-hybridized carbons (Fsp3) is 1.00. The smallest absolute Gasteiger partial charge is 0.0501 e. The van der Waals surface area contributed by atoms with Crippen molar-refractivity contribution in [2.24, 2.45) is 17.3 Å². The van der Waals surface area contributed by atoms with Gasteiger partial charge in [-0.15, -0.1) is 0 Å². The summed E-state index contributed by atoms with van der Waals surface area (Å²) < 4.78 is 5.48. The Morgan fingerprint density at radius 1 is 1.27 bits per heavy atom. The molecule has 0 aromatic rings. The van der Waals surface area contributed by atoms with Gasteiger partial charge in [0.25, 0.3) is 0 Å². The van der Waals surface area contributed by atoms with Gasteiger partial charge < -0.3 is 4.74 Å². The van der Waals surface area contributed by atoms with E-state index < -0.39 is 0 Å². The molecular weight excluding hydrogens is 136 g/mol. The second kappa shape index (κ2) is 3.14. The summed E-state index contributed by atoms with van der Waals surface area (Å²) in [6, 6.07) is 0. The van der Waals surface area contributed by atoms with E-state index >= 15 is 0 Å². The van der Waals surface area contributed by atoms with Crippen molar-refractivity contribution in [3.05, 3.63) is 0 Å². The molecule has 0 spiro atoms. The largest absolute Gasteiger partial charge is 0.381 e. The van der Waals surface area contributed by atoms with E-state index in [1.165, 1.54) is 6.42 Å². The molecule has 0 aromatic carbocycles. The molecule has 2 atom stereocenters. The summed E-state index contributed by atoms with van der Waals surface area (Å²) in [6.07, 6.45) is 1.24. The van der Waals surface area contributed by atoms with Crippen LogP contribution in [0, 0.1) is 17.3 Å². The van der Waals surface area contributed by atoms with Crippen molar-refractivity contribution in [2.45, 2.75) is 34.1 Å². The molecule has 1 heterocycles. The Morgan fingerprint density at radius 2 is 1.91 bits per heavy atom. The van der Waals surface area contributed by atoms with Crippen LogP contribution in [0.4, 0.5) is 0 Å². The van der Waals surface area contributed by atoms with Crippen molar-refractivity contribution in [1.29, 1.82) is 0 Å². The first kappa shape index (κ1) is 9.05. The van der Waals surface area contributed by atoms with E-state index in [2.05, 4.69) is 27.7 Å². The maximum atomic E-state index is 5.48. The van der Waals surface area contributed by atoms with Gasteiger partial charge in [0.2, 0.25) is 0 Å². The minimum atomic E-state index is 0.417. The van der Waals surface area contributed by atoms with Crippen LogP contribution in [0.1, 0.15) is 34.1 Å². The summed E-state index contributed by atoms with van der Waals surface area (Å²) in [7, 11) is 0. The van der Waals surface area contributed by atoms with Crippen molar-refractivity contribution in [1.82, 2.24) is 0 Å². The molecule has 0 aliphatic carbocycles. The Kier molecular flexibility index (Phi) is 2.58. The molecule has 0 aromatic heterocycles. The van der Waals surface area contributed by atoms with Crippen molar-refractivity contribution >= 4 is 0 Å². The summed E-state index contributed by atoms with van der Waals surface area (Å²) in [6.45, 7) is 11.2. The lowest BCUT2D eigenvalue weighted by atomic mass is 9.72. The number of hydrogen-bond donors (Lipinski definition) is 0. The third-order valence-electron chi connectivity index (χ3n) is 2.81. The third kappa shape index (κ3) is 2.19. The minimum absolute atomic E-state index is 0.417. The SMILES string of the molecule is CC1CCOCC1C(C)(C)C. The van der Waals surface area contributed by atoms with Gasteiger partial charge in [-0.05, 0) is 23.7 Å². The van der Waals surface area contributed by atoms with E-state index in [1.807, 2.05) is 0 Å². The molecule has 2 unspecified atom stereocenters. The topological polar surface area (TPSA) is 9.23 Å². The highest BCUT2D eigenvalue weighted by Crippen LogP contribution is 2.36. The molecule has 1 rings (SSSR count). The van der Waals surface area contributed by atoms with E-state index in [4.69, 9.17) is 4.74 Å². The van der Waals surface area contributed by atoms with Crippen molar-refractivity contribution in [2.75, 3.05) is 13.2 Å². The molecule has 1 aliphatic rings. The first-order chi connectivity index (χ1) is 5.02. The molecule has 1 aliphatic heterocycles. The predicted molar refractivity (Wildman–Crippen MR) is 47.5 cm³/mol. The van der Waals surface area contributed by atoms with E-state index in [0.717, 1.165) is 25.0 Å². The van der Waals surface area contributed by atoms with E-state index in [1.54, 1.807) is 0 Å². The Labute approximate surface area is 70.1 Å². The zero-order valence-corrected chi connectivity index (χ0v) is 8.18. The lowest BCUT2D eigenvalue weighted by Gasteiger charge is -2.38. The molecule has 0 N–H and O–H groups in total. The zero-order valence-electron chi connectivity index (χ0n) is 8.18. The molecule has 1 fully saturated rings. The van der Waals surface area contributed by atoms with Crippen LogP contribution in [0.5, 0.6) is 0 Å². The van der Waals surface area contributed by atoms with Crippen LogP contribution in [0.15, 0.2) is 0 Å². The van der Waals surface area contributed by atoms with Gasteiger partial charge in [-0.3, -0.25) is 0 Å². The summed E-state index contributed by atoms with van der Waals surface area (Å²) in [5.74, 6) is 1.58. The molecule has 0 radical (unpaired) electrons. The maximum Gasteiger partial charge on any atom is 0.0501 e. The molecular formula is C10H20O. The Bertz CT molecular complexity index is 123. The first-order valence-electron chi connectivity index (χ1n) is 4.59. The van der Waals surface area contributed by atoms with Crippen molar-refractivity contribution in [3.63, 3.8) is 0 Å². The first-order valence-corrected chi connectivity index (χ1v) is 4.59. The summed E-state index contributed by atoms with van der Waals surface area (Å²) in [5.41, 5.74) is 0.417. The summed E-state index contributed by atoms with van der Waals surface area (Å²) >= 11 is 0. The van der Waals surface area contributed by atoms with Crippen LogP contribution in [0.2, 0.25) is 0 Å². The average molecular weight is 156 g/mol. The van der Waals surface area contributed by atoms with Gasteiger partial charge in [-0.1, -0.05) is 27.7 Å². The molecule has 0 saturated carbocycles. The summed E-state index contributed by atoms with van der Waals surface area (Å²) in [5, 5.41) is 0. The molecule has 0 amide bonds. The highest BCUT2D eigenvalue weighted by Gasteiger charge is 2.31. The molecule has 0 bridgehead atoms. The lowest BCUT2D eigenvalue weighted by molar-refractivity contribution is -0.0237. The van der Waals surface area contributed by atoms with Gasteiger partial charge >= 0.3 is 0 Å². The zero-order chi connectivity index (χ0) is 8.48. The van der Waals surface area contributed by atoms with Crippen LogP contribution >= 0.6 is 0 Å². The lowest BCUT2D eigenvalue weighted by Crippen LogP contribution is -2.35. The number of rotatable bonds is 0. The summed E-state index contributed by atoms with van der Waals surface area (Å²) in [4.78, 5) is 0. The Hall–Kier alpha value is -0.0400. The van der Waals surface area contributed by atoms with Gasteiger partial charge in [0, 0.05) is 6.61 Å². The monoisotopic (exact) mass is 156 g/mol. The van der Waals surface area contributed by atoms with Crippen LogP contribution in [-0.4, -0.2) is 13.2 Å². The van der Waals surface area contributed by atoms with Crippen LogP contribution in [-0.2, 0) is 4.74 Å². The van der Waals surface area contributed by atoms with E-state index in [9.17, 15) is 0 Å². The van der Waals surface area contributed by atoms with Gasteiger partial charge in [0.05, 0.1) is 6.61 Å². The predicted octanol–water partition coefficient (Wildman–Crippen LogP) is 2.71. The highest BCUT2D eigenvalue weighted by molar-refractivity contribution is 4.80. The van der Waals surface area contributed by atoms with Gasteiger partial charge in [0.15, 0.2) is 0 Å².